The molecule has 0 spiro atoms. The van der Waals surface area contributed by atoms with Crippen LogP contribution in [0.5, 0.6) is 0 Å². The monoisotopic (exact) mass is 232 g/mol. The number of nitrogens with zero attached hydrogens (tertiary/aromatic N) is 2. The van der Waals surface area contributed by atoms with Gasteiger partial charge in [-0.3, -0.25) is 10.1 Å². The molecule has 0 N–H and O–H groups in total. The minimum atomic E-state index is -0.425. The summed E-state index contributed by atoms with van der Waals surface area (Å²) in [6, 6.07) is 8.50. The Balaban J connectivity index is 2.91. The fourth-order valence-electron chi connectivity index (χ4n) is 1.64. The standard InChI is InChI=1S/C12H12N2O3/c1-9(15)6-12(8-14(16)17)11-4-2-10(7-13)3-5-11/h2-5,12H,6,8H2,1H3/t12-/m1/s1. The smallest absolute Gasteiger partial charge is 0.211 e. The van der Waals surface area contributed by atoms with Gasteiger partial charge in [-0.15, -0.1) is 0 Å². The van der Waals surface area contributed by atoms with Gasteiger partial charge in [-0.05, 0) is 24.6 Å². The topological polar surface area (TPSA) is 84.0 Å². The van der Waals surface area contributed by atoms with Crippen LogP contribution in [0.3, 0.4) is 0 Å². The Labute approximate surface area is 98.8 Å². The molecule has 5 nitrogen and oxygen atoms in total. The third-order valence-electron chi connectivity index (χ3n) is 2.41. The van der Waals surface area contributed by atoms with Gasteiger partial charge < -0.3 is 4.79 Å². The Morgan fingerprint density at radius 3 is 2.47 bits per heavy atom. The Morgan fingerprint density at radius 1 is 1.47 bits per heavy atom. The van der Waals surface area contributed by atoms with Crippen LogP contribution in [0.25, 0.3) is 0 Å². The molecule has 0 saturated carbocycles. The first-order chi connectivity index (χ1) is 8.02. The zero-order valence-electron chi connectivity index (χ0n) is 9.42. The first-order valence-corrected chi connectivity index (χ1v) is 5.14. The molecule has 0 fully saturated rings. The third-order valence-corrected chi connectivity index (χ3v) is 2.41. The fourth-order valence-corrected chi connectivity index (χ4v) is 1.64. The number of carbonyl (C=O) groups excluding carboxylic acids is 1. The number of ketones is 1. The van der Waals surface area contributed by atoms with Gasteiger partial charge in [0.25, 0.3) is 0 Å². The number of Topliss-reactive ketones (excluding diaryl/α,β-unsaturated/α-hetero) is 1. The molecule has 17 heavy (non-hydrogen) atoms. The molecular formula is C12H12N2O3. The average molecular weight is 232 g/mol. The van der Waals surface area contributed by atoms with Crippen molar-refractivity contribution in [1.82, 2.24) is 0 Å². The van der Waals surface area contributed by atoms with E-state index in [0.717, 1.165) is 5.56 Å². The van der Waals surface area contributed by atoms with Gasteiger partial charge in [0.15, 0.2) is 0 Å². The number of nitriles is 1. The molecule has 5 heteroatoms. The van der Waals surface area contributed by atoms with Crippen molar-refractivity contribution in [2.75, 3.05) is 6.54 Å². The number of rotatable bonds is 5. The van der Waals surface area contributed by atoms with Crippen LogP contribution in [0.2, 0.25) is 0 Å². The molecule has 1 rings (SSSR count). The molecule has 0 aromatic heterocycles. The Bertz CT molecular complexity index is 444. The van der Waals surface area contributed by atoms with E-state index in [9.17, 15) is 14.9 Å². The fraction of sp³-hybridized carbons (Fsp3) is 0.333. The van der Waals surface area contributed by atoms with E-state index >= 15 is 0 Å². The van der Waals surface area contributed by atoms with E-state index < -0.39 is 10.8 Å². The Hall–Kier alpha value is -2.22. The SMILES string of the molecule is CC(=O)C[C@H](C[N+](=O)[O-])c1ccc(C#N)cc1. The second-order valence-corrected chi connectivity index (χ2v) is 3.85. The van der Waals surface area contributed by atoms with Crippen molar-refractivity contribution in [2.45, 2.75) is 19.3 Å². The van der Waals surface area contributed by atoms with Crippen molar-refractivity contribution in [3.8, 4) is 6.07 Å². The number of hydrogen-bond acceptors (Lipinski definition) is 4. The van der Waals surface area contributed by atoms with Crippen LogP contribution >= 0.6 is 0 Å². The van der Waals surface area contributed by atoms with Crippen LogP contribution in [0.1, 0.15) is 30.4 Å². The highest BCUT2D eigenvalue weighted by Crippen LogP contribution is 2.20. The Kier molecular flexibility index (Phi) is 4.35. The van der Waals surface area contributed by atoms with Crippen molar-refractivity contribution < 1.29 is 9.72 Å². The van der Waals surface area contributed by atoms with E-state index in [0.29, 0.717) is 5.56 Å². The summed E-state index contributed by atoms with van der Waals surface area (Å²) in [6.45, 7) is 1.14. The van der Waals surface area contributed by atoms with Crippen LogP contribution in [-0.4, -0.2) is 17.3 Å². The maximum Gasteiger partial charge on any atom is 0.211 e. The van der Waals surface area contributed by atoms with Crippen molar-refractivity contribution in [1.29, 1.82) is 5.26 Å². The summed E-state index contributed by atoms with van der Waals surface area (Å²) in [7, 11) is 0. The summed E-state index contributed by atoms with van der Waals surface area (Å²) in [5, 5.41) is 19.2. The lowest BCUT2D eigenvalue weighted by Gasteiger charge is -2.11. The molecule has 1 aromatic carbocycles. The molecule has 0 heterocycles. The van der Waals surface area contributed by atoms with Crippen molar-refractivity contribution in [3.63, 3.8) is 0 Å². The molecule has 0 aliphatic heterocycles. The van der Waals surface area contributed by atoms with Crippen LogP contribution in [0, 0.1) is 21.4 Å². The minimum Gasteiger partial charge on any atom is -0.300 e. The average Bonchev–Trinajstić information content (AvgIpc) is 2.27. The lowest BCUT2D eigenvalue weighted by atomic mass is 9.93. The van der Waals surface area contributed by atoms with Crippen LogP contribution in [0.15, 0.2) is 24.3 Å². The molecule has 1 atom stereocenters. The quantitative estimate of drug-likeness (QED) is 0.573. The van der Waals surface area contributed by atoms with E-state index in [1.807, 2.05) is 6.07 Å². The van der Waals surface area contributed by atoms with E-state index in [4.69, 9.17) is 5.26 Å². The first kappa shape index (κ1) is 12.8. The molecular weight excluding hydrogens is 220 g/mol. The zero-order valence-corrected chi connectivity index (χ0v) is 9.42. The normalized spacial score (nSPS) is 11.5. The highest BCUT2D eigenvalue weighted by Gasteiger charge is 2.19. The predicted molar refractivity (Wildman–Crippen MR) is 61.1 cm³/mol. The minimum absolute atomic E-state index is 0.0822. The van der Waals surface area contributed by atoms with E-state index in [1.54, 1.807) is 24.3 Å². The number of carbonyl (C=O) groups is 1. The Morgan fingerprint density at radius 2 is 2.06 bits per heavy atom. The largest absolute Gasteiger partial charge is 0.300 e. The third kappa shape index (κ3) is 4.03. The summed E-state index contributed by atoms with van der Waals surface area (Å²) in [4.78, 5) is 21.2. The molecule has 0 unspecified atom stereocenters. The summed E-state index contributed by atoms with van der Waals surface area (Å²) in [5.41, 5.74) is 1.22. The lowest BCUT2D eigenvalue weighted by Crippen LogP contribution is -2.15. The number of benzene rings is 1. The molecule has 0 radical (unpaired) electrons. The van der Waals surface area contributed by atoms with Crippen LogP contribution in [0.4, 0.5) is 0 Å². The highest BCUT2D eigenvalue weighted by atomic mass is 16.6. The molecule has 0 bridgehead atoms. The van der Waals surface area contributed by atoms with Gasteiger partial charge in [0.05, 0.1) is 17.6 Å². The highest BCUT2D eigenvalue weighted by molar-refractivity contribution is 5.76. The number of nitro groups is 1. The van der Waals surface area contributed by atoms with E-state index in [2.05, 4.69) is 0 Å². The van der Waals surface area contributed by atoms with Gasteiger partial charge in [-0.2, -0.15) is 5.26 Å². The molecule has 1 aromatic rings. The molecule has 0 saturated heterocycles. The molecule has 88 valence electrons. The van der Waals surface area contributed by atoms with Gasteiger partial charge >= 0.3 is 0 Å². The van der Waals surface area contributed by atoms with E-state index in [1.165, 1.54) is 6.92 Å². The van der Waals surface area contributed by atoms with Gasteiger partial charge in [-0.25, -0.2) is 0 Å². The zero-order chi connectivity index (χ0) is 12.8. The van der Waals surface area contributed by atoms with Crippen molar-refractivity contribution >= 4 is 5.78 Å². The number of hydrogen-bond donors (Lipinski definition) is 0. The summed E-state index contributed by atoms with van der Waals surface area (Å²) in [6.07, 6.45) is 0.146. The summed E-state index contributed by atoms with van der Waals surface area (Å²) < 4.78 is 0. The van der Waals surface area contributed by atoms with Gasteiger partial charge in [0.1, 0.15) is 5.78 Å². The van der Waals surface area contributed by atoms with Gasteiger partial charge in [0.2, 0.25) is 6.54 Å². The maximum atomic E-state index is 11.1. The maximum absolute atomic E-state index is 11.1. The second-order valence-electron chi connectivity index (χ2n) is 3.85. The lowest BCUT2D eigenvalue weighted by molar-refractivity contribution is -0.483. The first-order valence-electron chi connectivity index (χ1n) is 5.14. The summed E-state index contributed by atoms with van der Waals surface area (Å²) >= 11 is 0. The van der Waals surface area contributed by atoms with Crippen LogP contribution in [-0.2, 0) is 4.79 Å². The van der Waals surface area contributed by atoms with E-state index in [-0.39, 0.29) is 18.7 Å². The predicted octanol–water partition coefficient (Wildman–Crippen LogP) is 1.90. The van der Waals surface area contributed by atoms with Crippen LogP contribution < -0.4 is 0 Å². The van der Waals surface area contributed by atoms with Gasteiger partial charge in [0, 0.05) is 11.3 Å². The van der Waals surface area contributed by atoms with Crippen molar-refractivity contribution in [2.24, 2.45) is 0 Å². The molecule has 0 aliphatic rings. The van der Waals surface area contributed by atoms with Gasteiger partial charge in [-0.1, -0.05) is 12.1 Å². The van der Waals surface area contributed by atoms with Crippen molar-refractivity contribution in [3.05, 3.63) is 45.5 Å². The molecule has 0 aliphatic carbocycles. The second kappa shape index (κ2) is 5.75. The molecule has 0 amide bonds. The summed E-state index contributed by atoms with van der Waals surface area (Å²) in [5.74, 6) is -0.503.